The summed E-state index contributed by atoms with van der Waals surface area (Å²) >= 11 is 5.62. The van der Waals surface area contributed by atoms with Crippen LogP contribution in [0.15, 0.2) is 42.5 Å². The van der Waals surface area contributed by atoms with E-state index in [1.807, 2.05) is 29.2 Å². The van der Waals surface area contributed by atoms with Crippen LogP contribution in [0.5, 0.6) is 0 Å². The molecule has 154 valence electrons. The number of rotatable bonds is 5. The van der Waals surface area contributed by atoms with Gasteiger partial charge >= 0.3 is 0 Å². The Kier molecular flexibility index (Phi) is 6.36. The second-order valence-electron chi connectivity index (χ2n) is 7.96. The summed E-state index contributed by atoms with van der Waals surface area (Å²) in [6.45, 7) is 2.15. The first-order valence-corrected chi connectivity index (χ1v) is 10.9. The quantitative estimate of drug-likeness (QED) is 0.764. The average molecular weight is 415 g/mol. The van der Waals surface area contributed by atoms with Crippen LogP contribution in [0.4, 0.5) is 0 Å². The number of nitrogens with one attached hydrogen (secondary N) is 1. The van der Waals surface area contributed by atoms with Gasteiger partial charge in [-0.3, -0.25) is 9.59 Å². The minimum atomic E-state index is -0.144. The van der Waals surface area contributed by atoms with Crippen molar-refractivity contribution in [2.75, 3.05) is 25.6 Å². The molecule has 0 unspecified atom stereocenters. The number of carbonyl (C=O) groups excluding carboxylic acids is 2. The van der Waals surface area contributed by atoms with Crippen molar-refractivity contribution in [3.05, 3.63) is 48.0 Å². The molecular weight excluding hydrogens is 388 g/mol. The molecule has 0 saturated carbocycles. The van der Waals surface area contributed by atoms with Crippen molar-refractivity contribution in [1.82, 2.24) is 10.2 Å². The fourth-order valence-electron chi connectivity index (χ4n) is 4.67. The lowest BCUT2D eigenvalue weighted by molar-refractivity contribution is -0.132. The molecule has 2 aliphatic rings. The second-order valence-corrected chi connectivity index (χ2v) is 8.23. The van der Waals surface area contributed by atoms with Gasteiger partial charge in [0.05, 0.1) is 18.6 Å². The van der Waals surface area contributed by atoms with Crippen LogP contribution in [0.25, 0.3) is 10.8 Å². The third-order valence-corrected chi connectivity index (χ3v) is 6.42. The number of halogens is 1. The molecule has 0 spiro atoms. The zero-order valence-corrected chi connectivity index (χ0v) is 17.2. The molecule has 4 rings (SSSR count). The highest BCUT2D eigenvalue weighted by Crippen LogP contribution is 2.30. The zero-order chi connectivity index (χ0) is 20.2. The minimum absolute atomic E-state index is 0.0235. The number of benzene rings is 2. The van der Waals surface area contributed by atoms with Crippen LogP contribution in [0.1, 0.15) is 24.8 Å². The van der Waals surface area contributed by atoms with Crippen molar-refractivity contribution in [2.45, 2.75) is 37.8 Å². The molecule has 2 aliphatic heterocycles. The highest BCUT2D eigenvalue weighted by molar-refractivity contribution is 6.27. The molecule has 0 aliphatic carbocycles. The number of alkyl halides is 1. The van der Waals surface area contributed by atoms with E-state index in [9.17, 15) is 9.59 Å². The van der Waals surface area contributed by atoms with E-state index in [2.05, 4.69) is 23.5 Å². The molecule has 0 radical (unpaired) electrons. The Labute approximate surface area is 176 Å². The SMILES string of the molecule is O=C(CCl)N[C@@H]1CCO[C@H]1C1CCN(C(=O)Cc2cccc3ccccc23)CC1. The van der Waals surface area contributed by atoms with Gasteiger partial charge in [0.25, 0.3) is 0 Å². The number of nitrogens with zero attached hydrogens (tertiary/aromatic N) is 1. The van der Waals surface area contributed by atoms with Crippen molar-refractivity contribution in [2.24, 2.45) is 5.92 Å². The predicted octanol–water partition coefficient (Wildman–Crippen LogP) is 3.13. The first-order chi connectivity index (χ1) is 14.2. The zero-order valence-electron chi connectivity index (χ0n) is 16.5. The van der Waals surface area contributed by atoms with Gasteiger partial charge in [0.15, 0.2) is 0 Å². The molecule has 29 heavy (non-hydrogen) atoms. The fourth-order valence-corrected chi connectivity index (χ4v) is 4.75. The van der Waals surface area contributed by atoms with E-state index in [-0.39, 0.29) is 29.8 Å². The standard InChI is InChI=1S/C23H27ClN2O3/c24-15-21(27)25-20-10-13-29-23(20)17-8-11-26(12-9-17)22(28)14-18-6-3-5-16-4-1-2-7-19(16)18/h1-7,17,20,23H,8-15H2,(H,25,27)/t20-,23+/m1/s1. The highest BCUT2D eigenvalue weighted by atomic mass is 35.5. The van der Waals surface area contributed by atoms with Gasteiger partial charge in [-0.05, 0) is 41.5 Å². The Bertz CT molecular complexity index is 874. The van der Waals surface area contributed by atoms with E-state index in [4.69, 9.17) is 16.3 Å². The van der Waals surface area contributed by atoms with Crippen LogP contribution < -0.4 is 5.32 Å². The van der Waals surface area contributed by atoms with Crippen molar-refractivity contribution in [3.63, 3.8) is 0 Å². The normalized spacial score (nSPS) is 22.7. The predicted molar refractivity (Wildman–Crippen MR) is 114 cm³/mol. The number of carbonyl (C=O) groups is 2. The number of hydrogen-bond acceptors (Lipinski definition) is 3. The number of hydrogen-bond donors (Lipinski definition) is 1. The maximum Gasteiger partial charge on any atom is 0.235 e. The van der Waals surface area contributed by atoms with Crippen LogP contribution in [0.2, 0.25) is 0 Å². The average Bonchev–Trinajstić information content (AvgIpc) is 3.22. The smallest absolute Gasteiger partial charge is 0.235 e. The van der Waals surface area contributed by atoms with Crippen molar-refractivity contribution in [1.29, 1.82) is 0 Å². The molecule has 0 aromatic heterocycles. The highest BCUT2D eigenvalue weighted by Gasteiger charge is 2.37. The topological polar surface area (TPSA) is 58.6 Å². The number of ether oxygens (including phenoxy) is 1. The summed E-state index contributed by atoms with van der Waals surface area (Å²) < 4.78 is 5.93. The van der Waals surface area contributed by atoms with Crippen LogP contribution in [0, 0.1) is 5.92 Å². The molecule has 2 aromatic rings. The molecule has 2 heterocycles. The molecule has 2 saturated heterocycles. The Morgan fingerprint density at radius 2 is 1.83 bits per heavy atom. The lowest BCUT2D eigenvalue weighted by atomic mass is 9.87. The molecule has 0 bridgehead atoms. The van der Waals surface area contributed by atoms with E-state index in [0.29, 0.717) is 18.9 Å². The van der Waals surface area contributed by atoms with Crippen molar-refractivity contribution in [3.8, 4) is 0 Å². The largest absolute Gasteiger partial charge is 0.376 e. The van der Waals surface area contributed by atoms with Gasteiger partial charge in [-0.15, -0.1) is 11.6 Å². The third-order valence-electron chi connectivity index (χ3n) is 6.18. The molecule has 2 atom stereocenters. The Hall–Kier alpha value is -2.11. The second kappa shape index (κ2) is 9.14. The summed E-state index contributed by atoms with van der Waals surface area (Å²) in [5.74, 6) is 0.373. The van der Waals surface area contributed by atoms with Gasteiger partial charge in [0.2, 0.25) is 11.8 Å². The molecule has 2 amide bonds. The maximum absolute atomic E-state index is 12.9. The first kappa shape index (κ1) is 20.2. The lowest BCUT2D eigenvalue weighted by Crippen LogP contribution is -2.48. The number of fused-ring (bicyclic) bond motifs is 1. The summed E-state index contributed by atoms with van der Waals surface area (Å²) in [4.78, 5) is 26.5. The van der Waals surface area contributed by atoms with Crippen LogP contribution in [-0.2, 0) is 20.7 Å². The summed E-state index contributed by atoms with van der Waals surface area (Å²) in [6.07, 6.45) is 3.09. The van der Waals surface area contributed by atoms with E-state index in [0.717, 1.165) is 43.3 Å². The van der Waals surface area contributed by atoms with Gasteiger partial charge in [-0.1, -0.05) is 42.5 Å². The summed E-state index contributed by atoms with van der Waals surface area (Å²) in [5, 5.41) is 5.30. The molecule has 1 N–H and O–H groups in total. The van der Waals surface area contributed by atoms with Crippen LogP contribution in [-0.4, -0.2) is 54.4 Å². The molecule has 2 aromatic carbocycles. The Balaban J connectivity index is 1.34. The first-order valence-electron chi connectivity index (χ1n) is 10.4. The minimum Gasteiger partial charge on any atom is -0.376 e. The van der Waals surface area contributed by atoms with Gasteiger partial charge in [-0.25, -0.2) is 0 Å². The lowest BCUT2D eigenvalue weighted by Gasteiger charge is -2.36. The summed E-state index contributed by atoms with van der Waals surface area (Å²) in [7, 11) is 0. The summed E-state index contributed by atoms with van der Waals surface area (Å²) in [5.41, 5.74) is 1.08. The maximum atomic E-state index is 12.9. The molecule has 2 fully saturated rings. The molecule has 6 heteroatoms. The Morgan fingerprint density at radius 3 is 2.62 bits per heavy atom. The third kappa shape index (κ3) is 4.57. The van der Waals surface area contributed by atoms with E-state index in [1.54, 1.807) is 0 Å². The van der Waals surface area contributed by atoms with E-state index < -0.39 is 0 Å². The van der Waals surface area contributed by atoms with Gasteiger partial charge in [-0.2, -0.15) is 0 Å². The van der Waals surface area contributed by atoms with Crippen molar-refractivity contribution < 1.29 is 14.3 Å². The molecular formula is C23H27ClN2O3. The van der Waals surface area contributed by atoms with Gasteiger partial charge in [0, 0.05) is 19.7 Å². The summed E-state index contributed by atoms with van der Waals surface area (Å²) in [6, 6.07) is 14.4. The fraction of sp³-hybridized carbons (Fsp3) is 0.478. The monoisotopic (exact) mass is 414 g/mol. The van der Waals surface area contributed by atoms with Crippen LogP contribution in [0.3, 0.4) is 0 Å². The van der Waals surface area contributed by atoms with Gasteiger partial charge in [0.1, 0.15) is 5.88 Å². The number of piperidine rings is 1. The Morgan fingerprint density at radius 1 is 1.07 bits per heavy atom. The van der Waals surface area contributed by atoms with Crippen molar-refractivity contribution >= 4 is 34.2 Å². The van der Waals surface area contributed by atoms with Crippen LogP contribution >= 0.6 is 11.6 Å². The van der Waals surface area contributed by atoms with Gasteiger partial charge < -0.3 is 15.0 Å². The number of amides is 2. The van der Waals surface area contributed by atoms with E-state index >= 15 is 0 Å². The molecule has 5 nitrogen and oxygen atoms in total. The van der Waals surface area contributed by atoms with E-state index in [1.165, 1.54) is 5.39 Å². The number of likely N-dealkylation sites (tertiary alicyclic amines) is 1.